The van der Waals surface area contributed by atoms with E-state index in [2.05, 4.69) is 5.16 Å². The van der Waals surface area contributed by atoms with E-state index in [9.17, 15) is 0 Å². The zero-order valence-corrected chi connectivity index (χ0v) is 5.43. The third-order valence-electron chi connectivity index (χ3n) is 2.66. The maximum atomic E-state index is 8.53. The van der Waals surface area contributed by atoms with E-state index in [1.54, 1.807) is 0 Å². The van der Waals surface area contributed by atoms with E-state index >= 15 is 0 Å². The van der Waals surface area contributed by atoms with Gasteiger partial charge in [0.15, 0.2) is 0 Å². The van der Waals surface area contributed by atoms with Gasteiger partial charge in [0.1, 0.15) is 0 Å². The highest BCUT2D eigenvalue weighted by atomic mass is 16.4. The van der Waals surface area contributed by atoms with E-state index in [0.717, 1.165) is 12.1 Å². The van der Waals surface area contributed by atoms with E-state index in [1.165, 1.54) is 25.7 Å². The number of nitrogens with zero attached hydrogens (tertiary/aromatic N) is 1. The molecule has 0 bridgehead atoms. The summed E-state index contributed by atoms with van der Waals surface area (Å²) in [5, 5.41) is 11.8. The van der Waals surface area contributed by atoms with Crippen molar-refractivity contribution < 1.29 is 5.21 Å². The van der Waals surface area contributed by atoms with Crippen molar-refractivity contribution >= 4 is 5.71 Å². The first-order valence-electron chi connectivity index (χ1n) is 3.59. The maximum absolute atomic E-state index is 8.53. The molecule has 2 aliphatic rings. The van der Waals surface area contributed by atoms with Crippen molar-refractivity contribution in [2.75, 3.05) is 0 Å². The van der Waals surface area contributed by atoms with E-state index in [4.69, 9.17) is 5.21 Å². The lowest BCUT2D eigenvalue weighted by Gasteiger charge is -2.01. The zero-order valence-electron chi connectivity index (χ0n) is 5.43. The number of hydrogen-bond acceptors (Lipinski definition) is 2. The minimum absolute atomic E-state index is 0.411. The lowest BCUT2D eigenvalue weighted by molar-refractivity contribution is 0.314. The summed E-state index contributed by atoms with van der Waals surface area (Å²) in [5.41, 5.74) is 1.48. The van der Waals surface area contributed by atoms with Crippen LogP contribution in [0.25, 0.3) is 0 Å². The first kappa shape index (κ1) is 5.27. The first-order valence-corrected chi connectivity index (χ1v) is 3.59. The molecule has 0 atom stereocenters. The molecule has 0 aliphatic heterocycles. The molecule has 1 spiro atoms. The molecule has 0 unspecified atom stereocenters. The fraction of sp³-hybridized carbons (Fsp3) is 0.857. The molecule has 0 radical (unpaired) electrons. The van der Waals surface area contributed by atoms with Crippen molar-refractivity contribution in [1.82, 2.24) is 0 Å². The highest BCUT2D eigenvalue weighted by Gasteiger charge is 2.50. The predicted molar refractivity (Wildman–Crippen MR) is 34.7 cm³/mol. The molecule has 1 N–H and O–H groups in total. The molecule has 0 heterocycles. The molecule has 0 aromatic carbocycles. The molecule has 50 valence electrons. The van der Waals surface area contributed by atoms with Crippen molar-refractivity contribution in [3.8, 4) is 0 Å². The van der Waals surface area contributed by atoms with Crippen molar-refractivity contribution in [3.05, 3.63) is 0 Å². The Hall–Kier alpha value is -0.530. The summed E-state index contributed by atoms with van der Waals surface area (Å²) in [6.07, 6.45) is 6.08. The standard InChI is InChI=1S/C7H11NO/c9-8-6-2-1-3-7(6)4-5-7/h9H,1-5H2/b8-6-. The Kier molecular flexibility index (Phi) is 0.875. The Bertz CT molecular complexity index is 158. The van der Waals surface area contributed by atoms with Gasteiger partial charge >= 0.3 is 0 Å². The third kappa shape index (κ3) is 0.590. The summed E-state index contributed by atoms with van der Waals surface area (Å²) in [6, 6.07) is 0. The highest BCUT2D eigenvalue weighted by molar-refractivity contribution is 5.93. The Balaban J connectivity index is 2.23. The summed E-state index contributed by atoms with van der Waals surface area (Å²) in [4.78, 5) is 0. The van der Waals surface area contributed by atoms with Crippen LogP contribution in [0.1, 0.15) is 32.1 Å². The second-order valence-corrected chi connectivity index (χ2v) is 3.18. The van der Waals surface area contributed by atoms with Crippen LogP contribution >= 0.6 is 0 Å². The van der Waals surface area contributed by atoms with Crippen molar-refractivity contribution in [2.45, 2.75) is 32.1 Å². The van der Waals surface area contributed by atoms with Gasteiger partial charge in [-0.3, -0.25) is 0 Å². The Morgan fingerprint density at radius 3 is 2.56 bits per heavy atom. The quantitative estimate of drug-likeness (QED) is 0.388. The van der Waals surface area contributed by atoms with Gasteiger partial charge in [0.25, 0.3) is 0 Å². The molecule has 0 aromatic heterocycles. The van der Waals surface area contributed by atoms with Crippen molar-refractivity contribution in [3.63, 3.8) is 0 Å². The van der Waals surface area contributed by atoms with Crippen LogP contribution in [-0.2, 0) is 0 Å². The fourth-order valence-electron chi connectivity index (χ4n) is 1.85. The van der Waals surface area contributed by atoms with Crippen LogP contribution in [-0.4, -0.2) is 10.9 Å². The van der Waals surface area contributed by atoms with Gasteiger partial charge < -0.3 is 5.21 Å². The van der Waals surface area contributed by atoms with Gasteiger partial charge in [-0.1, -0.05) is 5.16 Å². The lowest BCUT2D eigenvalue weighted by Crippen LogP contribution is -2.05. The SMILES string of the molecule is O/N=C1/CCCC12CC2. The highest BCUT2D eigenvalue weighted by Crippen LogP contribution is 2.55. The molecular formula is C7H11NO. The van der Waals surface area contributed by atoms with Gasteiger partial charge in [-0.15, -0.1) is 0 Å². The molecule has 0 saturated heterocycles. The van der Waals surface area contributed by atoms with Gasteiger partial charge in [0.2, 0.25) is 0 Å². The molecule has 2 saturated carbocycles. The fourth-order valence-corrected chi connectivity index (χ4v) is 1.85. The van der Waals surface area contributed by atoms with E-state index in [1.807, 2.05) is 0 Å². The molecule has 2 nitrogen and oxygen atoms in total. The molecule has 2 rings (SSSR count). The second-order valence-electron chi connectivity index (χ2n) is 3.18. The molecule has 0 amide bonds. The molecule has 0 aromatic rings. The van der Waals surface area contributed by atoms with Crippen LogP contribution < -0.4 is 0 Å². The molecular weight excluding hydrogens is 114 g/mol. The second kappa shape index (κ2) is 1.49. The van der Waals surface area contributed by atoms with Gasteiger partial charge in [-0.05, 0) is 32.1 Å². The number of oxime groups is 1. The smallest absolute Gasteiger partial charge is 0.0632 e. The number of rotatable bonds is 0. The van der Waals surface area contributed by atoms with Gasteiger partial charge in [-0.25, -0.2) is 0 Å². The largest absolute Gasteiger partial charge is 0.411 e. The predicted octanol–water partition coefficient (Wildman–Crippen LogP) is 1.78. The topological polar surface area (TPSA) is 32.6 Å². The molecule has 9 heavy (non-hydrogen) atoms. The Morgan fingerprint density at radius 2 is 2.11 bits per heavy atom. The van der Waals surface area contributed by atoms with Gasteiger partial charge in [-0.2, -0.15) is 0 Å². The van der Waals surface area contributed by atoms with E-state index < -0.39 is 0 Å². The minimum Gasteiger partial charge on any atom is -0.411 e. The Labute approximate surface area is 54.6 Å². The van der Waals surface area contributed by atoms with Crippen LogP contribution in [0.4, 0.5) is 0 Å². The average molecular weight is 125 g/mol. The molecule has 2 aliphatic carbocycles. The van der Waals surface area contributed by atoms with Crippen LogP contribution in [0.5, 0.6) is 0 Å². The lowest BCUT2D eigenvalue weighted by atomic mass is 10.0. The van der Waals surface area contributed by atoms with Crippen molar-refractivity contribution in [2.24, 2.45) is 10.6 Å². The normalized spacial score (nSPS) is 34.0. The Morgan fingerprint density at radius 1 is 1.33 bits per heavy atom. The first-order chi connectivity index (χ1) is 4.37. The van der Waals surface area contributed by atoms with Crippen LogP contribution in [0.3, 0.4) is 0 Å². The minimum atomic E-state index is 0.411. The van der Waals surface area contributed by atoms with Gasteiger partial charge in [0, 0.05) is 5.41 Å². The summed E-state index contributed by atoms with van der Waals surface area (Å²) < 4.78 is 0. The van der Waals surface area contributed by atoms with E-state index in [-0.39, 0.29) is 0 Å². The summed E-state index contributed by atoms with van der Waals surface area (Å²) in [5.74, 6) is 0. The van der Waals surface area contributed by atoms with E-state index in [0.29, 0.717) is 5.41 Å². The van der Waals surface area contributed by atoms with Gasteiger partial charge in [0.05, 0.1) is 5.71 Å². The number of hydrogen-bond donors (Lipinski definition) is 1. The molecule has 2 heteroatoms. The van der Waals surface area contributed by atoms with Crippen molar-refractivity contribution in [1.29, 1.82) is 0 Å². The molecule has 2 fully saturated rings. The third-order valence-corrected chi connectivity index (χ3v) is 2.66. The maximum Gasteiger partial charge on any atom is 0.0632 e. The monoisotopic (exact) mass is 125 g/mol. The average Bonchev–Trinajstić information content (AvgIpc) is 2.45. The zero-order chi connectivity index (χ0) is 6.32. The van der Waals surface area contributed by atoms with Crippen LogP contribution in [0.2, 0.25) is 0 Å². The summed E-state index contributed by atoms with van der Waals surface area (Å²) in [6.45, 7) is 0. The van der Waals surface area contributed by atoms with Crippen LogP contribution in [0.15, 0.2) is 5.16 Å². The van der Waals surface area contributed by atoms with Crippen LogP contribution in [0, 0.1) is 5.41 Å². The summed E-state index contributed by atoms with van der Waals surface area (Å²) in [7, 11) is 0. The summed E-state index contributed by atoms with van der Waals surface area (Å²) >= 11 is 0.